The van der Waals surface area contributed by atoms with Crippen molar-refractivity contribution in [2.75, 3.05) is 6.54 Å². The first kappa shape index (κ1) is 20.3. The fourth-order valence-electron chi connectivity index (χ4n) is 4.42. The number of nitrogens with zero attached hydrogens (tertiary/aromatic N) is 2. The van der Waals surface area contributed by atoms with Gasteiger partial charge in [0.1, 0.15) is 5.82 Å². The number of aromatic amines is 1. The largest absolute Gasteiger partial charge is 0.346 e. The van der Waals surface area contributed by atoms with E-state index >= 15 is 0 Å². The fraction of sp³-hybridized carbons (Fsp3) is 0.478. The molecule has 3 unspecified atom stereocenters. The van der Waals surface area contributed by atoms with Gasteiger partial charge < -0.3 is 10.3 Å². The zero-order valence-corrected chi connectivity index (χ0v) is 17.4. The number of benzene rings is 1. The molecule has 1 aliphatic heterocycles. The summed E-state index contributed by atoms with van der Waals surface area (Å²) in [6, 6.07) is 7.51. The summed E-state index contributed by atoms with van der Waals surface area (Å²) in [5, 5.41) is 3.05. The van der Waals surface area contributed by atoms with Gasteiger partial charge in [0.15, 0.2) is 0 Å². The van der Waals surface area contributed by atoms with E-state index in [9.17, 15) is 14.4 Å². The van der Waals surface area contributed by atoms with Crippen LogP contribution in [0.4, 0.5) is 0 Å². The molecular formula is C23H28N4O3. The highest BCUT2D eigenvalue weighted by Crippen LogP contribution is 2.35. The predicted molar refractivity (Wildman–Crippen MR) is 113 cm³/mol. The van der Waals surface area contributed by atoms with E-state index < -0.39 is 0 Å². The number of amides is 3. The number of likely N-dealkylation sites (tertiary alicyclic amines) is 1. The van der Waals surface area contributed by atoms with Crippen molar-refractivity contribution in [2.24, 2.45) is 17.8 Å². The van der Waals surface area contributed by atoms with E-state index in [1.54, 1.807) is 0 Å². The van der Waals surface area contributed by atoms with Gasteiger partial charge in [0.05, 0.1) is 28.9 Å². The molecule has 1 fully saturated rings. The van der Waals surface area contributed by atoms with Gasteiger partial charge >= 0.3 is 0 Å². The van der Waals surface area contributed by atoms with Crippen LogP contribution in [0.15, 0.2) is 36.4 Å². The summed E-state index contributed by atoms with van der Waals surface area (Å²) in [6.45, 7) is 4.32. The molecule has 1 saturated heterocycles. The van der Waals surface area contributed by atoms with E-state index in [0.717, 1.165) is 23.3 Å². The lowest BCUT2D eigenvalue weighted by Crippen LogP contribution is -2.37. The second kappa shape index (κ2) is 8.42. The number of carbonyl (C=O) groups excluding carboxylic acids is 3. The van der Waals surface area contributed by atoms with Crippen molar-refractivity contribution in [3.8, 4) is 0 Å². The van der Waals surface area contributed by atoms with Crippen LogP contribution in [0.1, 0.15) is 51.4 Å². The minimum Gasteiger partial charge on any atom is -0.346 e. The fourth-order valence-corrected chi connectivity index (χ4v) is 4.42. The van der Waals surface area contributed by atoms with Crippen molar-refractivity contribution in [1.82, 2.24) is 20.2 Å². The van der Waals surface area contributed by atoms with Gasteiger partial charge in [0.25, 0.3) is 0 Å². The minimum absolute atomic E-state index is 0.0964. The van der Waals surface area contributed by atoms with Gasteiger partial charge in [-0.1, -0.05) is 38.1 Å². The molecule has 2 aromatic rings. The maximum Gasteiger partial charge on any atom is 0.233 e. The lowest BCUT2D eigenvalue weighted by molar-refractivity contribution is -0.140. The molecule has 158 valence electrons. The first-order valence-electron chi connectivity index (χ1n) is 10.7. The Morgan fingerprint density at radius 1 is 1.17 bits per heavy atom. The van der Waals surface area contributed by atoms with Crippen LogP contribution in [0.25, 0.3) is 11.0 Å². The van der Waals surface area contributed by atoms with Crippen molar-refractivity contribution in [3.63, 3.8) is 0 Å². The van der Waals surface area contributed by atoms with Crippen molar-refractivity contribution < 1.29 is 14.4 Å². The van der Waals surface area contributed by atoms with Crippen molar-refractivity contribution in [1.29, 1.82) is 0 Å². The van der Waals surface area contributed by atoms with E-state index in [0.29, 0.717) is 18.8 Å². The van der Waals surface area contributed by atoms with Crippen molar-refractivity contribution in [2.45, 2.75) is 45.6 Å². The molecule has 1 aromatic heterocycles. The topological polar surface area (TPSA) is 95.2 Å². The van der Waals surface area contributed by atoms with Crippen LogP contribution in [-0.2, 0) is 14.4 Å². The van der Waals surface area contributed by atoms with Gasteiger partial charge in [-0.25, -0.2) is 4.98 Å². The van der Waals surface area contributed by atoms with Gasteiger partial charge in [-0.15, -0.1) is 0 Å². The highest BCUT2D eigenvalue weighted by Gasteiger charge is 2.46. The van der Waals surface area contributed by atoms with Gasteiger partial charge in [0.2, 0.25) is 17.7 Å². The molecule has 7 heteroatoms. The molecule has 0 bridgehead atoms. The number of nitrogens with one attached hydrogen (secondary N) is 2. The third kappa shape index (κ3) is 4.01. The highest BCUT2D eigenvalue weighted by atomic mass is 16.2. The van der Waals surface area contributed by atoms with Crippen LogP contribution in [-0.4, -0.2) is 39.1 Å². The molecule has 2 aliphatic rings. The zero-order chi connectivity index (χ0) is 21.3. The SMILES string of the molecule is CC(C)CC(NC(=O)CCN1C(=O)C2CC=CCC2C1=O)c1nc2ccccc2[nH]1. The molecule has 1 aliphatic carbocycles. The molecule has 2 heterocycles. The van der Waals surface area contributed by atoms with Crippen LogP contribution in [0.3, 0.4) is 0 Å². The van der Waals surface area contributed by atoms with Gasteiger partial charge in [-0.2, -0.15) is 0 Å². The Hall–Kier alpha value is -2.96. The third-order valence-electron chi connectivity index (χ3n) is 5.94. The first-order valence-corrected chi connectivity index (χ1v) is 10.7. The van der Waals surface area contributed by atoms with E-state index in [2.05, 4.69) is 29.1 Å². The summed E-state index contributed by atoms with van der Waals surface area (Å²) in [7, 11) is 0. The van der Waals surface area contributed by atoms with Gasteiger partial charge in [0, 0.05) is 13.0 Å². The van der Waals surface area contributed by atoms with Crippen LogP contribution < -0.4 is 5.32 Å². The molecule has 1 aromatic carbocycles. The quantitative estimate of drug-likeness (QED) is 0.544. The van der Waals surface area contributed by atoms with Crippen molar-refractivity contribution in [3.05, 3.63) is 42.2 Å². The normalized spacial score (nSPS) is 22.0. The summed E-state index contributed by atoms with van der Waals surface area (Å²) in [5.74, 6) is 0.111. The Balaban J connectivity index is 1.40. The Morgan fingerprint density at radius 2 is 1.83 bits per heavy atom. The predicted octanol–water partition coefficient (Wildman–Crippen LogP) is 3.11. The van der Waals surface area contributed by atoms with E-state index in [-0.39, 0.29) is 48.6 Å². The lowest BCUT2D eigenvalue weighted by atomic mass is 9.85. The van der Waals surface area contributed by atoms with Crippen molar-refractivity contribution >= 4 is 28.8 Å². The average molecular weight is 409 g/mol. The van der Waals surface area contributed by atoms with Crippen LogP contribution >= 0.6 is 0 Å². The standard InChI is InChI=1S/C23H28N4O3/c1-14(2)13-19(21-25-17-9-5-6-10-18(17)26-21)24-20(28)11-12-27-22(29)15-7-3-4-8-16(15)23(27)30/h3-6,9-10,14-16,19H,7-8,11-13H2,1-2H3,(H,24,28)(H,25,26). The number of para-hydroxylation sites is 2. The third-order valence-corrected chi connectivity index (χ3v) is 5.94. The molecule has 4 rings (SSSR count). The minimum atomic E-state index is -0.255. The molecular weight excluding hydrogens is 380 g/mol. The number of carbonyl (C=O) groups is 3. The van der Waals surface area contributed by atoms with E-state index in [1.807, 2.05) is 36.4 Å². The lowest BCUT2D eigenvalue weighted by Gasteiger charge is -2.20. The molecule has 0 spiro atoms. The monoisotopic (exact) mass is 408 g/mol. The maximum atomic E-state index is 12.7. The van der Waals surface area contributed by atoms with E-state index in [1.165, 1.54) is 4.90 Å². The molecule has 2 N–H and O–H groups in total. The molecule has 30 heavy (non-hydrogen) atoms. The number of aromatic nitrogens is 2. The number of imide groups is 1. The summed E-state index contributed by atoms with van der Waals surface area (Å²) in [4.78, 5) is 47.1. The number of hydrogen-bond acceptors (Lipinski definition) is 4. The number of allylic oxidation sites excluding steroid dienone is 2. The Morgan fingerprint density at radius 3 is 2.47 bits per heavy atom. The molecule has 0 radical (unpaired) electrons. The Labute approximate surface area is 175 Å². The number of imidazole rings is 1. The summed E-state index contributed by atoms with van der Waals surface area (Å²) in [6.07, 6.45) is 5.99. The number of fused-ring (bicyclic) bond motifs is 2. The summed E-state index contributed by atoms with van der Waals surface area (Å²) in [5.41, 5.74) is 1.79. The Bertz CT molecular complexity index is 934. The molecule has 3 atom stereocenters. The smallest absolute Gasteiger partial charge is 0.233 e. The average Bonchev–Trinajstić information content (AvgIpc) is 3.26. The summed E-state index contributed by atoms with van der Waals surface area (Å²) >= 11 is 0. The molecule has 3 amide bonds. The number of hydrogen-bond donors (Lipinski definition) is 2. The first-order chi connectivity index (χ1) is 14.4. The maximum absolute atomic E-state index is 12.7. The van der Waals surface area contributed by atoms with Gasteiger partial charge in [-0.3, -0.25) is 19.3 Å². The number of H-pyrrole nitrogens is 1. The summed E-state index contributed by atoms with van der Waals surface area (Å²) < 4.78 is 0. The Kier molecular flexibility index (Phi) is 5.70. The van der Waals surface area contributed by atoms with Crippen LogP contribution in [0, 0.1) is 17.8 Å². The van der Waals surface area contributed by atoms with E-state index in [4.69, 9.17) is 0 Å². The van der Waals surface area contributed by atoms with Crippen LogP contribution in [0.2, 0.25) is 0 Å². The zero-order valence-electron chi connectivity index (χ0n) is 17.4. The second-order valence-electron chi connectivity index (χ2n) is 8.62. The number of rotatable bonds is 7. The molecule has 7 nitrogen and oxygen atoms in total. The molecule has 0 saturated carbocycles. The highest BCUT2D eigenvalue weighted by molar-refractivity contribution is 6.05. The second-order valence-corrected chi connectivity index (χ2v) is 8.62. The van der Waals surface area contributed by atoms with Crippen LogP contribution in [0.5, 0.6) is 0 Å². The van der Waals surface area contributed by atoms with Gasteiger partial charge in [-0.05, 0) is 37.3 Å².